The van der Waals surface area contributed by atoms with Crippen molar-refractivity contribution >= 4 is 29.5 Å². The lowest BCUT2D eigenvalue weighted by Crippen LogP contribution is -2.50. The largest absolute Gasteiger partial charge is 0.354 e. The van der Waals surface area contributed by atoms with E-state index in [1.165, 1.54) is 4.90 Å². The number of fused-ring (bicyclic) bond motifs is 3. The summed E-state index contributed by atoms with van der Waals surface area (Å²) in [6.07, 6.45) is 0.993. The normalized spacial score (nSPS) is 22.2. The summed E-state index contributed by atoms with van der Waals surface area (Å²) < 4.78 is 27.2. The molecule has 1 aliphatic carbocycles. The first kappa shape index (κ1) is 35.0. The number of benzene rings is 2. The van der Waals surface area contributed by atoms with Gasteiger partial charge in [-0.15, -0.1) is 0 Å². The van der Waals surface area contributed by atoms with Crippen LogP contribution in [0.5, 0.6) is 0 Å². The maximum Gasteiger partial charge on any atom is 0.248 e. The second-order valence-electron chi connectivity index (χ2n) is 13.4. The molecule has 1 saturated carbocycles. The molecule has 2 heterocycles. The molecule has 2 bridgehead atoms. The first-order valence-electron chi connectivity index (χ1n) is 16.9. The number of nitrogens with one attached hydrogen (secondary N) is 3. The van der Waals surface area contributed by atoms with E-state index >= 15 is 0 Å². The van der Waals surface area contributed by atoms with Crippen LogP contribution in [0.25, 0.3) is 0 Å². The third-order valence-electron chi connectivity index (χ3n) is 9.84. The van der Waals surface area contributed by atoms with Crippen molar-refractivity contribution in [2.45, 2.75) is 70.4 Å². The lowest BCUT2D eigenvalue weighted by Gasteiger charge is -2.39. The summed E-state index contributed by atoms with van der Waals surface area (Å²) in [7, 11) is 0. The Hall–Kier alpha value is -4.35. The Morgan fingerprint density at radius 3 is 2.33 bits per heavy atom. The summed E-state index contributed by atoms with van der Waals surface area (Å²) in [5.74, 6) is -4.90. The number of alkyl halides is 2. The zero-order valence-corrected chi connectivity index (χ0v) is 27.2. The van der Waals surface area contributed by atoms with Crippen molar-refractivity contribution in [1.29, 1.82) is 0 Å². The van der Waals surface area contributed by atoms with E-state index in [-0.39, 0.29) is 94.4 Å². The summed E-state index contributed by atoms with van der Waals surface area (Å²) in [4.78, 5) is 69.5. The zero-order valence-electron chi connectivity index (χ0n) is 27.2. The minimum Gasteiger partial charge on any atom is -0.354 e. The van der Waals surface area contributed by atoms with Crippen molar-refractivity contribution in [3.63, 3.8) is 0 Å². The van der Waals surface area contributed by atoms with Crippen LogP contribution < -0.4 is 16.0 Å². The van der Waals surface area contributed by atoms with E-state index in [1.807, 2.05) is 54.6 Å². The van der Waals surface area contributed by atoms with Crippen molar-refractivity contribution in [2.75, 3.05) is 32.7 Å². The average molecular weight is 666 g/mol. The topological polar surface area (TPSA) is 128 Å². The Morgan fingerprint density at radius 2 is 1.58 bits per heavy atom. The van der Waals surface area contributed by atoms with Crippen LogP contribution in [0.15, 0.2) is 54.6 Å². The summed E-state index contributed by atoms with van der Waals surface area (Å²) >= 11 is 0. The second kappa shape index (κ2) is 16.2. The third-order valence-corrected chi connectivity index (χ3v) is 9.84. The Balaban J connectivity index is 1.30. The maximum absolute atomic E-state index is 13.8. The van der Waals surface area contributed by atoms with Gasteiger partial charge in [0.05, 0.1) is 6.42 Å². The fourth-order valence-corrected chi connectivity index (χ4v) is 6.89. The van der Waals surface area contributed by atoms with Gasteiger partial charge >= 0.3 is 0 Å². The monoisotopic (exact) mass is 665 g/mol. The van der Waals surface area contributed by atoms with E-state index < -0.39 is 23.6 Å². The molecule has 0 unspecified atom stereocenters. The van der Waals surface area contributed by atoms with E-state index in [0.29, 0.717) is 32.4 Å². The van der Waals surface area contributed by atoms with E-state index in [4.69, 9.17) is 0 Å². The van der Waals surface area contributed by atoms with E-state index in [1.54, 1.807) is 4.90 Å². The lowest BCUT2D eigenvalue weighted by atomic mass is 9.80. The van der Waals surface area contributed by atoms with Crippen LogP contribution in [0.4, 0.5) is 8.78 Å². The molecule has 0 aromatic heterocycles. The van der Waals surface area contributed by atoms with Crippen LogP contribution in [-0.4, -0.2) is 78.0 Å². The van der Waals surface area contributed by atoms with Crippen LogP contribution in [0.3, 0.4) is 0 Å². The zero-order chi connectivity index (χ0) is 34.1. The Labute approximate surface area is 280 Å². The Bertz CT molecular complexity index is 1460. The summed E-state index contributed by atoms with van der Waals surface area (Å²) in [6, 6.07) is 16.9. The number of nitrogens with zero attached hydrogens (tertiary/aromatic N) is 2. The van der Waals surface area contributed by atoms with Crippen molar-refractivity contribution < 1.29 is 32.8 Å². The molecule has 5 amide bonds. The minimum atomic E-state index is -2.67. The molecule has 3 N–H and O–H groups in total. The number of hydrogen-bond acceptors (Lipinski definition) is 5. The van der Waals surface area contributed by atoms with Gasteiger partial charge in [-0.05, 0) is 53.7 Å². The van der Waals surface area contributed by atoms with Crippen LogP contribution in [-0.2, 0) is 43.5 Å². The molecule has 2 aromatic rings. The molecule has 10 nitrogen and oxygen atoms in total. The first-order valence-corrected chi connectivity index (χ1v) is 16.9. The fourth-order valence-electron chi connectivity index (χ4n) is 6.89. The second-order valence-corrected chi connectivity index (χ2v) is 13.4. The number of amides is 5. The van der Waals surface area contributed by atoms with Gasteiger partial charge < -0.3 is 25.8 Å². The maximum atomic E-state index is 13.8. The minimum absolute atomic E-state index is 0.0464. The molecule has 258 valence electrons. The highest BCUT2D eigenvalue weighted by atomic mass is 19.3. The van der Waals surface area contributed by atoms with Crippen LogP contribution in [0.1, 0.15) is 61.6 Å². The molecule has 5 rings (SSSR count). The number of piperidine rings is 1. The van der Waals surface area contributed by atoms with Gasteiger partial charge in [0.25, 0.3) is 0 Å². The predicted molar refractivity (Wildman–Crippen MR) is 174 cm³/mol. The smallest absolute Gasteiger partial charge is 0.248 e. The Morgan fingerprint density at radius 1 is 0.875 bits per heavy atom. The van der Waals surface area contributed by atoms with E-state index in [2.05, 4.69) is 16.0 Å². The van der Waals surface area contributed by atoms with Crippen molar-refractivity contribution in [2.24, 2.45) is 17.8 Å². The lowest BCUT2D eigenvalue weighted by molar-refractivity contribution is -0.142. The van der Waals surface area contributed by atoms with Crippen LogP contribution in [0.2, 0.25) is 0 Å². The summed E-state index contributed by atoms with van der Waals surface area (Å²) in [5, 5.41) is 8.56. The van der Waals surface area contributed by atoms with Gasteiger partial charge in [-0.1, -0.05) is 54.6 Å². The average Bonchev–Trinajstić information content (AvgIpc) is 3.07. The van der Waals surface area contributed by atoms with Crippen molar-refractivity contribution in [3.05, 3.63) is 71.3 Å². The molecule has 3 aliphatic rings. The number of rotatable bonds is 8. The quantitative estimate of drug-likeness (QED) is 0.399. The van der Waals surface area contributed by atoms with Gasteiger partial charge in [0.2, 0.25) is 35.5 Å². The van der Waals surface area contributed by atoms with Gasteiger partial charge in [-0.3, -0.25) is 24.0 Å². The van der Waals surface area contributed by atoms with E-state index in [0.717, 1.165) is 16.7 Å². The number of hydrogen-bond donors (Lipinski definition) is 3. The highest BCUT2D eigenvalue weighted by Gasteiger charge is 2.37. The Kier molecular flexibility index (Phi) is 11.8. The molecule has 2 fully saturated rings. The van der Waals surface area contributed by atoms with Gasteiger partial charge in [0, 0.05) is 58.4 Å². The summed E-state index contributed by atoms with van der Waals surface area (Å²) in [6.45, 7) is 0.776. The van der Waals surface area contributed by atoms with Gasteiger partial charge in [-0.25, -0.2) is 8.78 Å². The molecule has 48 heavy (non-hydrogen) atoms. The predicted octanol–water partition coefficient (Wildman–Crippen LogP) is 3.19. The molecule has 1 saturated heterocycles. The number of carbonyl (C=O) groups is 5. The summed E-state index contributed by atoms with van der Waals surface area (Å²) in [5.41, 5.74) is 2.55. The van der Waals surface area contributed by atoms with Crippen molar-refractivity contribution in [1.82, 2.24) is 25.8 Å². The third kappa shape index (κ3) is 10.1. The molecule has 12 heteroatoms. The fraction of sp³-hybridized carbons (Fsp3) is 0.528. The van der Waals surface area contributed by atoms with Crippen LogP contribution >= 0.6 is 0 Å². The number of carbonyl (C=O) groups excluding carboxylic acids is 5. The molecule has 2 aliphatic heterocycles. The number of halogens is 2. The molecule has 0 spiro atoms. The highest BCUT2D eigenvalue weighted by molar-refractivity contribution is 5.89. The molecule has 2 aromatic carbocycles. The standard InChI is InChI=1S/C36H45F2N5O5/c37-36(38)13-10-26(11-14-36)20-40-32(45)23-43-24-33(46)41-21-29-9-5-4-8-27(29)17-34(47)42-15-12-28(30(22-42)18-35(43)48)16-31(44)39-19-25-6-2-1-3-7-25/h1-9,26,28,30H,10-24H2,(H,39,44)(H,40,45)(H,41,46)/t28-,30-/m0/s1. The van der Waals surface area contributed by atoms with E-state index in [9.17, 15) is 32.8 Å². The molecular formula is C36H45F2N5O5. The van der Waals surface area contributed by atoms with Gasteiger partial charge in [0.15, 0.2) is 0 Å². The first-order chi connectivity index (χ1) is 23.0. The van der Waals surface area contributed by atoms with Crippen molar-refractivity contribution in [3.8, 4) is 0 Å². The van der Waals surface area contributed by atoms with Gasteiger partial charge in [0.1, 0.15) is 13.1 Å². The van der Waals surface area contributed by atoms with Crippen LogP contribution in [0, 0.1) is 17.8 Å². The van der Waals surface area contributed by atoms with Gasteiger partial charge in [-0.2, -0.15) is 0 Å². The molecule has 0 radical (unpaired) electrons. The SMILES string of the molecule is O=C(C[C@@H]1CCN2C[C@@H]1CC(=O)N(CC(=O)NCC1CCC(F)(F)CC1)CC(=O)NCc1ccccc1CC2=O)NCc1ccccc1. The highest BCUT2D eigenvalue weighted by Crippen LogP contribution is 2.36. The molecular weight excluding hydrogens is 620 g/mol. The molecule has 2 atom stereocenters.